The lowest BCUT2D eigenvalue weighted by atomic mass is 9.69. The summed E-state index contributed by atoms with van der Waals surface area (Å²) in [5.41, 5.74) is 2.93. The zero-order valence-electron chi connectivity index (χ0n) is 14.1. The number of benzene rings is 1. The fourth-order valence-corrected chi connectivity index (χ4v) is 4.07. The highest BCUT2D eigenvalue weighted by atomic mass is 16.5. The van der Waals surface area contributed by atoms with Crippen molar-refractivity contribution in [3.8, 4) is 5.75 Å². The van der Waals surface area contributed by atoms with Crippen LogP contribution in [0.4, 0.5) is 0 Å². The molecule has 1 aliphatic carbocycles. The molecule has 1 N–H and O–H groups in total. The highest BCUT2D eigenvalue weighted by Gasteiger charge is 2.31. The number of ether oxygens (including phenoxy) is 1. The van der Waals surface area contributed by atoms with Gasteiger partial charge in [-0.2, -0.15) is 0 Å². The Balaban J connectivity index is 2.22. The molecule has 2 nitrogen and oxygen atoms in total. The second-order valence-electron chi connectivity index (χ2n) is 6.61. The monoisotopic (exact) mass is 289 g/mol. The van der Waals surface area contributed by atoms with Crippen molar-refractivity contribution in [1.82, 2.24) is 5.32 Å². The highest BCUT2D eigenvalue weighted by Crippen LogP contribution is 2.43. The maximum Gasteiger partial charge on any atom is 0.119 e. The van der Waals surface area contributed by atoms with Gasteiger partial charge in [0.05, 0.1) is 7.11 Å². The summed E-state index contributed by atoms with van der Waals surface area (Å²) in [7, 11) is 3.83. The number of nitrogens with one attached hydrogen (secondary N) is 1. The van der Waals surface area contributed by atoms with E-state index in [1.807, 2.05) is 0 Å². The first-order valence-corrected chi connectivity index (χ1v) is 8.48. The second-order valence-corrected chi connectivity index (χ2v) is 6.61. The third kappa shape index (κ3) is 4.00. The Morgan fingerprint density at radius 2 is 2.10 bits per heavy atom. The van der Waals surface area contributed by atoms with E-state index in [-0.39, 0.29) is 0 Å². The highest BCUT2D eigenvalue weighted by molar-refractivity contribution is 5.37. The van der Waals surface area contributed by atoms with E-state index >= 15 is 0 Å². The van der Waals surface area contributed by atoms with Crippen LogP contribution in [0.25, 0.3) is 0 Å². The molecule has 0 heterocycles. The molecule has 2 heteroatoms. The first-order chi connectivity index (χ1) is 10.2. The van der Waals surface area contributed by atoms with Gasteiger partial charge in [0, 0.05) is 0 Å². The second kappa shape index (κ2) is 7.84. The van der Waals surface area contributed by atoms with E-state index in [1.165, 1.54) is 43.2 Å². The smallest absolute Gasteiger partial charge is 0.119 e. The van der Waals surface area contributed by atoms with Crippen LogP contribution in [0.15, 0.2) is 18.2 Å². The third-order valence-corrected chi connectivity index (χ3v) is 5.14. The van der Waals surface area contributed by atoms with E-state index in [9.17, 15) is 0 Å². The van der Waals surface area contributed by atoms with Gasteiger partial charge in [-0.25, -0.2) is 0 Å². The summed E-state index contributed by atoms with van der Waals surface area (Å²) in [6.45, 7) is 5.68. The minimum Gasteiger partial charge on any atom is -0.497 e. The molecule has 3 unspecified atom stereocenters. The molecule has 0 radical (unpaired) electrons. The van der Waals surface area contributed by atoms with Crippen LogP contribution in [0.1, 0.15) is 56.1 Å². The van der Waals surface area contributed by atoms with E-state index in [0.717, 1.165) is 24.1 Å². The Hall–Kier alpha value is -1.02. The van der Waals surface area contributed by atoms with Crippen molar-refractivity contribution in [3.63, 3.8) is 0 Å². The van der Waals surface area contributed by atoms with Crippen molar-refractivity contribution in [3.05, 3.63) is 29.3 Å². The molecule has 21 heavy (non-hydrogen) atoms. The fraction of sp³-hybridized carbons (Fsp3) is 0.684. The van der Waals surface area contributed by atoms with Crippen LogP contribution in [-0.2, 0) is 0 Å². The Kier molecular flexibility index (Phi) is 6.10. The van der Waals surface area contributed by atoms with Crippen molar-refractivity contribution in [1.29, 1.82) is 0 Å². The molecule has 1 aromatic rings. The lowest BCUT2D eigenvalue weighted by Gasteiger charge is -2.37. The first-order valence-electron chi connectivity index (χ1n) is 8.48. The van der Waals surface area contributed by atoms with Gasteiger partial charge in [-0.05, 0) is 74.4 Å². The quantitative estimate of drug-likeness (QED) is 0.831. The van der Waals surface area contributed by atoms with Gasteiger partial charge in [0.1, 0.15) is 5.75 Å². The van der Waals surface area contributed by atoms with E-state index in [2.05, 4.69) is 44.4 Å². The standard InChI is InChI=1S/C19H31NO/c1-5-6-15-7-8-16(13-20-3)19(12-15)18-10-9-17(21-4)11-14(18)2/h9-11,15-16,19-20H,5-8,12-13H2,1-4H3. The van der Waals surface area contributed by atoms with Crippen LogP contribution in [0, 0.1) is 18.8 Å². The van der Waals surface area contributed by atoms with Crippen LogP contribution in [0.5, 0.6) is 5.75 Å². The van der Waals surface area contributed by atoms with Gasteiger partial charge in [-0.1, -0.05) is 32.3 Å². The summed E-state index contributed by atoms with van der Waals surface area (Å²) >= 11 is 0. The molecule has 0 saturated heterocycles. The largest absolute Gasteiger partial charge is 0.497 e. The summed E-state index contributed by atoms with van der Waals surface area (Å²) in [4.78, 5) is 0. The first kappa shape index (κ1) is 16.4. The minimum atomic E-state index is 0.702. The van der Waals surface area contributed by atoms with Crippen molar-refractivity contribution in [2.24, 2.45) is 11.8 Å². The van der Waals surface area contributed by atoms with Gasteiger partial charge in [-0.15, -0.1) is 0 Å². The number of hydrogen-bond donors (Lipinski definition) is 1. The Morgan fingerprint density at radius 1 is 1.29 bits per heavy atom. The number of hydrogen-bond acceptors (Lipinski definition) is 2. The van der Waals surface area contributed by atoms with Crippen molar-refractivity contribution >= 4 is 0 Å². The fourth-order valence-electron chi connectivity index (χ4n) is 4.07. The number of methoxy groups -OCH3 is 1. The molecule has 2 rings (SSSR count). The summed E-state index contributed by atoms with van der Waals surface area (Å²) in [5, 5.41) is 3.40. The van der Waals surface area contributed by atoms with Gasteiger partial charge in [0.25, 0.3) is 0 Å². The predicted octanol–water partition coefficient (Wildman–Crippen LogP) is 4.52. The van der Waals surface area contributed by atoms with E-state index in [4.69, 9.17) is 4.74 Å². The number of rotatable bonds is 6. The topological polar surface area (TPSA) is 21.3 Å². The van der Waals surface area contributed by atoms with E-state index < -0.39 is 0 Å². The average molecular weight is 289 g/mol. The molecule has 118 valence electrons. The Labute approximate surface area is 130 Å². The SMILES string of the molecule is CCCC1CCC(CNC)C(c2ccc(OC)cc2C)C1. The zero-order chi connectivity index (χ0) is 15.2. The molecular formula is C19H31NO. The summed E-state index contributed by atoms with van der Waals surface area (Å²) in [6.07, 6.45) is 6.83. The third-order valence-electron chi connectivity index (χ3n) is 5.14. The summed E-state index contributed by atoms with van der Waals surface area (Å²) in [6, 6.07) is 6.62. The molecule has 0 aromatic heterocycles. The normalized spacial score (nSPS) is 25.8. The molecule has 0 spiro atoms. The van der Waals surface area contributed by atoms with Gasteiger partial charge < -0.3 is 10.1 Å². The Bertz CT molecular complexity index is 443. The van der Waals surface area contributed by atoms with E-state index in [1.54, 1.807) is 7.11 Å². The lowest BCUT2D eigenvalue weighted by molar-refractivity contribution is 0.222. The molecule has 3 atom stereocenters. The van der Waals surface area contributed by atoms with Crippen LogP contribution in [0.3, 0.4) is 0 Å². The van der Waals surface area contributed by atoms with Crippen LogP contribution >= 0.6 is 0 Å². The molecular weight excluding hydrogens is 258 g/mol. The van der Waals surface area contributed by atoms with Gasteiger partial charge in [0.15, 0.2) is 0 Å². The maximum atomic E-state index is 5.36. The van der Waals surface area contributed by atoms with Crippen molar-refractivity contribution in [2.45, 2.75) is 51.9 Å². The van der Waals surface area contributed by atoms with Crippen LogP contribution in [0.2, 0.25) is 0 Å². The van der Waals surface area contributed by atoms with Crippen molar-refractivity contribution < 1.29 is 4.74 Å². The van der Waals surface area contributed by atoms with Crippen molar-refractivity contribution in [2.75, 3.05) is 20.7 Å². The molecule has 1 saturated carbocycles. The average Bonchev–Trinajstić information content (AvgIpc) is 2.49. The summed E-state index contributed by atoms with van der Waals surface area (Å²) in [5.74, 6) is 3.36. The summed E-state index contributed by atoms with van der Waals surface area (Å²) < 4.78 is 5.36. The molecule has 1 fully saturated rings. The van der Waals surface area contributed by atoms with Gasteiger partial charge in [0.2, 0.25) is 0 Å². The molecule has 1 aromatic carbocycles. The van der Waals surface area contributed by atoms with Gasteiger partial charge in [-0.3, -0.25) is 0 Å². The number of aryl methyl sites for hydroxylation is 1. The van der Waals surface area contributed by atoms with Crippen LogP contribution in [-0.4, -0.2) is 20.7 Å². The minimum absolute atomic E-state index is 0.702. The molecule has 0 aliphatic heterocycles. The van der Waals surface area contributed by atoms with Crippen LogP contribution < -0.4 is 10.1 Å². The zero-order valence-corrected chi connectivity index (χ0v) is 14.1. The predicted molar refractivity (Wildman–Crippen MR) is 90.1 cm³/mol. The lowest BCUT2D eigenvalue weighted by Crippen LogP contribution is -2.31. The Morgan fingerprint density at radius 3 is 2.71 bits per heavy atom. The van der Waals surface area contributed by atoms with Gasteiger partial charge >= 0.3 is 0 Å². The van der Waals surface area contributed by atoms with E-state index in [0.29, 0.717) is 5.92 Å². The molecule has 0 amide bonds. The maximum absolute atomic E-state index is 5.36. The molecule has 0 bridgehead atoms. The molecule has 1 aliphatic rings.